The van der Waals surface area contributed by atoms with Gasteiger partial charge in [0.25, 0.3) is 0 Å². The second-order valence-corrected chi connectivity index (χ2v) is 4.94. The van der Waals surface area contributed by atoms with Crippen molar-refractivity contribution in [1.82, 2.24) is 5.32 Å². The van der Waals surface area contributed by atoms with Crippen molar-refractivity contribution in [3.8, 4) is 5.75 Å². The third kappa shape index (κ3) is 4.49. The number of amides is 2. The van der Waals surface area contributed by atoms with Gasteiger partial charge in [-0.15, -0.1) is 0 Å². The molecule has 98 valence electrons. The number of primary amides is 1. The Bertz CT molecular complexity index is 465. The second-order valence-electron chi connectivity index (χ2n) is 3.78. The van der Waals surface area contributed by atoms with Crippen LogP contribution >= 0.6 is 22.6 Å². The summed E-state index contributed by atoms with van der Waals surface area (Å²) in [6.45, 7) is -0.223. The molecule has 0 saturated heterocycles. The first-order valence-corrected chi connectivity index (χ1v) is 6.27. The van der Waals surface area contributed by atoms with Gasteiger partial charge in [0.15, 0.2) is 0 Å². The van der Waals surface area contributed by atoms with E-state index in [0.29, 0.717) is 9.99 Å². The van der Waals surface area contributed by atoms with E-state index >= 15 is 0 Å². The van der Waals surface area contributed by atoms with Gasteiger partial charge in [-0.1, -0.05) is 6.07 Å². The lowest BCUT2D eigenvalue weighted by molar-refractivity contribution is -0.125. The quantitative estimate of drug-likeness (QED) is 0.526. The highest BCUT2D eigenvalue weighted by atomic mass is 127. The number of hydrogen-bond acceptors (Lipinski definition) is 4. The summed E-state index contributed by atoms with van der Waals surface area (Å²) in [5, 5.41) is 11.7. The third-order valence-electron chi connectivity index (χ3n) is 2.24. The van der Waals surface area contributed by atoms with Gasteiger partial charge >= 0.3 is 0 Å². The first-order chi connectivity index (χ1) is 8.40. The zero-order valence-corrected chi connectivity index (χ0v) is 11.7. The average Bonchev–Trinajstić information content (AvgIpc) is 2.30. The first-order valence-electron chi connectivity index (χ1n) is 5.19. The summed E-state index contributed by atoms with van der Waals surface area (Å²) < 4.78 is 0.690. The molecule has 1 aromatic carbocycles. The largest absolute Gasteiger partial charge is 0.507 e. The van der Waals surface area contributed by atoms with Crippen LogP contribution in [0.2, 0.25) is 0 Å². The Morgan fingerprint density at radius 1 is 1.44 bits per heavy atom. The Morgan fingerprint density at radius 3 is 2.67 bits per heavy atom. The van der Waals surface area contributed by atoms with Crippen LogP contribution in [0.25, 0.3) is 0 Å². The van der Waals surface area contributed by atoms with Gasteiger partial charge in [-0.3, -0.25) is 9.59 Å². The minimum atomic E-state index is -0.760. The molecule has 2 amide bonds. The third-order valence-corrected chi connectivity index (χ3v) is 3.11. The molecule has 7 heteroatoms. The standard InChI is InChI=1S/C11H14IN3O3/c12-7-3-6(1-2-9(7)16)4-8(13)11(18)15-5-10(14)17/h1-3,8,16H,4-5,13H2,(H2,14,17)(H,15,18)/t8-/m0/s1. The van der Waals surface area contributed by atoms with E-state index in [9.17, 15) is 14.7 Å². The highest BCUT2D eigenvalue weighted by molar-refractivity contribution is 14.1. The van der Waals surface area contributed by atoms with Crippen LogP contribution in [0, 0.1) is 3.57 Å². The molecule has 0 aromatic heterocycles. The van der Waals surface area contributed by atoms with Crippen LogP contribution in [0.5, 0.6) is 5.75 Å². The fraction of sp³-hybridized carbons (Fsp3) is 0.273. The molecule has 0 heterocycles. The predicted octanol–water partition coefficient (Wildman–Crippen LogP) is -0.532. The number of phenolic OH excluding ortho intramolecular Hbond substituents is 1. The first kappa shape index (κ1) is 14.7. The Kier molecular flexibility index (Phi) is 5.35. The molecule has 18 heavy (non-hydrogen) atoms. The van der Waals surface area contributed by atoms with Crippen molar-refractivity contribution >= 4 is 34.4 Å². The van der Waals surface area contributed by atoms with E-state index in [1.54, 1.807) is 18.2 Å². The van der Waals surface area contributed by atoms with Gasteiger partial charge in [0.2, 0.25) is 11.8 Å². The van der Waals surface area contributed by atoms with Crippen molar-refractivity contribution in [2.24, 2.45) is 11.5 Å². The van der Waals surface area contributed by atoms with E-state index in [-0.39, 0.29) is 12.3 Å². The molecule has 0 fully saturated rings. The summed E-state index contributed by atoms with van der Waals surface area (Å²) in [5.74, 6) is -0.863. The Hall–Kier alpha value is -1.35. The Balaban J connectivity index is 2.58. The smallest absolute Gasteiger partial charge is 0.237 e. The maximum absolute atomic E-state index is 11.5. The summed E-state index contributed by atoms with van der Waals surface area (Å²) in [7, 11) is 0. The maximum atomic E-state index is 11.5. The van der Waals surface area contributed by atoms with Crippen molar-refractivity contribution in [3.05, 3.63) is 27.3 Å². The second kappa shape index (κ2) is 6.55. The van der Waals surface area contributed by atoms with Gasteiger partial charge < -0.3 is 21.9 Å². The fourth-order valence-electron chi connectivity index (χ4n) is 1.33. The number of phenols is 1. The highest BCUT2D eigenvalue weighted by Crippen LogP contribution is 2.20. The number of halogens is 1. The molecule has 6 nitrogen and oxygen atoms in total. The molecule has 1 atom stereocenters. The molecule has 0 spiro atoms. The lowest BCUT2D eigenvalue weighted by Gasteiger charge is -2.11. The zero-order chi connectivity index (χ0) is 13.7. The summed E-state index contributed by atoms with van der Waals surface area (Å²) in [5.41, 5.74) is 11.4. The molecule has 0 aliphatic heterocycles. The van der Waals surface area contributed by atoms with Crippen LogP contribution in [0.4, 0.5) is 0 Å². The normalized spacial score (nSPS) is 11.9. The minimum Gasteiger partial charge on any atom is -0.507 e. The van der Waals surface area contributed by atoms with Crippen LogP contribution in [-0.2, 0) is 16.0 Å². The fourth-order valence-corrected chi connectivity index (χ4v) is 1.91. The van der Waals surface area contributed by atoms with Gasteiger partial charge in [0, 0.05) is 0 Å². The predicted molar refractivity (Wildman–Crippen MR) is 74.7 cm³/mol. The van der Waals surface area contributed by atoms with Gasteiger partial charge in [-0.05, 0) is 46.7 Å². The van der Waals surface area contributed by atoms with Crippen molar-refractivity contribution < 1.29 is 14.7 Å². The Morgan fingerprint density at radius 2 is 2.11 bits per heavy atom. The van der Waals surface area contributed by atoms with E-state index in [0.717, 1.165) is 5.56 Å². The van der Waals surface area contributed by atoms with E-state index in [2.05, 4.69) is 5.32 Å². The molecule has 6 N–H and O–H groups in total. The number of aromatic hydroxyl groups is 1. The van der Waals surface area contributed by atoms with Crippen LogP contribution in [0.1, 0.15) is 5.56 Å². The van der Waals surface area contributed by atoms with Gasteiger partial charge in [-0.2, -0.15) is 0 Å². The molecule has 0 radical (unpaired) electrons. The molecule has 0 bridgehead atoms. The van der Waals surface area contributed by atoms with Crippen LogP contribution in [0.3, 0.4) is 0 Å². The minimum absolute atomic E-state index is 0.186. The summed E-state index contributed by atoms with van der Waals surface area (Å²) in [6.07, 6.45) is 0.320. The SMILES string of the molecule is NC(=O)CNC(=O)[C@@H](N)Cc1ccc(O)c(I)c1. The molecule has 1 aromatic rings. The zero-order valence-electron chi connectivity index (χ0n) is 9.52. The molecule has 0 aliphatic rings. The van der Waals surface area contributed by atoms with Crippen LogP contribution in [0.15, 0.2) is 18.2 Å². The molecule has 1 rings (SSSR count). The average molecular weight is 363 g/mol. The number of rotatable bonds is 5. The molecular formula is C11H14IN3O3. The summed E-state index contributed by atoms with van der Waals surface area (Å²) >= 11 is 1.99. The lowest BCUT2D eigenvalue weighted by Crippen LogP contribution is -2.44. The van der Waals surface area contributed by atoms with Crippen molar-refractivity contribution in [3.63, 3.8) is 0 Å². The van der Waals surface area contributed by atoms with Gasteiger partial charge in [0.1, 0.15) is 5.75 Å². The number of hydrogen-bond donors (Lipinski definition) is 4. The molecule has 0 unspecified atom stereocenters. The molecular weight excluding hydrogens is 349 g/mol. The van der Waals surface area contributed by atoms with Crippen LogP contribution in [-0.4, -0.2) is 29.5 Å². The summed E-state index contributed by atoms with van der Waals surface area (Å²) in [4.78, 5) is 22.0. The number of carbonyl (C=O) groups excluding carboxylic acids is 2. The molecule has 0 aliphatic carbocycles. The van der Waals surface area contributed by atoms with Gasteiger partial charge in [0.05, 0.1) is 16.2 Å². The van der Waals surface area contributed by atoms with E-state index in [1.807, 2.05) is 22.6 Å². The Labute approximate surface area is 118 Å². The van der Waals surface area contributed by atoms with Gasteiger partial charge in [-0.25, -0.2) is 0 Å². The number of nitrogens with one attached hydrogen (secondary N) is 1. The van der Waals surface area contributed by atoms with Crippen molar-refractivity contribution in [2.75, 3.05) is 6.54 Å². The van der Waals surface area contributed by atoms with Crippen LogP contribution < -0.4 is 16.8 Å². The van der Waals surface area contributed by atoms with E-state index in [4.69, 9.17) is 11.5 Å². The van der Waals surface area contributed by atoms with Crippen molar-refractivity contribution in [1.29, 1.82) is 0 Å². The van der Waals surface area contributed by atoms with E-state index < -0.39 is 17.9 Å². The topological polar surface area (TPSA) is 118 Å². The monoisotopic (exact) mass is 363 g/mol. The lowest BCUT2D eigenvalue weighted by atomic mass is 10.1. The number of nitrogens with two attached hydrogens (primary N) is 2. The molecule has 0 saturated carbocycles. The van der Waals surface area contributed by atoms with Crippen molar-refractivity contribution in [2.45, 2.75) is 12.5 Å². The number of benzene rings is 1. The van der Waals surface area contributed by atoms with E-state index in [1.165, 1.54) is 0 Å². The highest BCUT2D eigenvalue weighted by Gasteiger charge is 2.14. The maximum Gasteiger partial charge on any atom is 0.237 e. The number of carbonyl (C=O) groups is 2. The summed E-state index contributed by atoms with van der Waals surface area (Å²) in [6, 6.07) is 4.23.